The molecule has 1 aliphatic carbocycles. The van der Waals surface area contributed by atoms with Crippen LogP contribution in [0.5, 0.6) is 0 Å². The van der Waals surface area contributed by atoms with E-state index in [-0.39, 0.29) is 6.04 Å². The average Bonchev–Trinajstić information content (AvgIpc) is 3.14. The first-order valence-electron chi connectivity index (χ1n) is 7.33. The Morgan fingerprint density at radius 1 is 1.24 bits per heavy atom. The monoisotopic (exact) mass is 238 g/mol. The van der Waals surface area contributed by atoms with Crippen LogP contribution in [0.15, 0.2) is 0 Å². The summed E-state index contributed by atoms with van der Waals surface area (Å²) in [5, 5.41) is 3.42. The minimum Gasteiger partial charge on any atom is -0.341 e. The van der Waals surface area contributed by atoms with Gasteiger partial charge in [-0.2, -0.15) is 0 Å². The van der Waals surface area contributed by atoms with Gasteiger partial charge in [0.15, 0.2) is 0 Å². The Labute approximate surface area is 105 Å². The van der Waals surface area contributed by atoms with E-state index in [0.717, 1.165) is 38.4 Å². The van der Waals surface area contributed by atoms with Crippen LogP contribution in [0, 0.1) is 5.92 Å². The lowest BCUT2D eigenvalue weighted by Gasteiger charge is -2.27. The maximum absolute atomic E-state index is 12.5. The molecule has 1 saturated carbocycles. The van der Waals surface area contributed by atoms with Gasteiger partial charge in [0.05, 0.1) is 6.04 Å². The van der Waals surface area contributed by atoms with Crippen molar-refractivity contribution in [3.05, 3.63) is 0 Å². The SMILES string of the molecule is CCCN(CC1CC1)C(=O)C1CCCCCN1. The molecule has 2 rings (SSSR count). The zero-order chi connectivity index (χ0) is 12.1. The first-order chi connectivity index (χ1) is 8.31. The number of nitrogens with zero attached hydrogens (tertiary/aromatic N) is 1. The summed E-state index contributed by atoms with van der Waals surface area (Å²) in [6.07, 6.45) is 8.45. The van der Waals surface area contributed by atoms with E-state index in [4.69, 9.17) is 0 Å². The first-order valence-corrected chi connectivity index (χ1v) is 7.33. The van der Waals surface area contributed by atoms with Crippen molar-refractivity contribution in [2.45, 2.75) is 57.9 Å². The van der Waals surface area contributed by atoms with Crippen molar-refractivity contribution in [3.63, 3.8) is 0 Å². The summed E-state index contributed by atoms with van der Waals surface area (Å²) < 4.78 is 0. The largest absolute Gasteiger partial charge is 0.341 e. The summed E-state index contributed by atoms with van der Waals surface area (Å²) in [5.74, 6) is 1.16. The number of rotatable bonds is 5. The Hall–Kier alpha value is -0.570. The van der Waals surface area contributed by atoms with Gasteiger partial charge in [0.2, 0.25) is 5.91 Å². The molecule has 2 aliphatic rings. The van der Waals surface area contributed by atoms with E-state index in [0.29, 0.717) is 5.91 Å². The van der Waals surface area contributed by atoms with Crippen LogP contribution in [0.4, 0.5) is 0 Å². The lowest BCUT2D eigenvalue weighted by Crippen LogP contribution is -2.47. The van der Waals surface area contributed by atoms with Gasteiger partial charge >= 0.3 is 0 Å². The van der Waals surface area contributed by atoms with Gasteiger partial charge in [-0.1, -0.05) is 19.8 Å². The Morgan fingerprint density at radius 2 is 2.06 bits per heavy atom. The summed E-state index contributed by atoms with van der Waals surface area (Å²) in [5.41, 5.74) is 0. The quantitative estimate of drug-likeness (QED) is 0.796. The standard InChI is InChI=1S/C14H26N2O/c1-2-10-16(11-12-7-8-12)14(17)13-6-4-3-5-9-15-13/h12-13,15H,2-11H2,1H3. The minimum absolute atomic E-state index is 0.0998. The number of hydrogen-bond donors (Lipinski definition) is 1. The van der Waals surface area contributed by atoms with Crippen LogP contribution >= 0.6 is 0 Å². The van der Waals surface area contributed by atoms with Crippen molar-refractivity contribution in [1.29, 1.82) is 0 Å². The number of carbonyl (C=O) groups is 1. The van der Waals surface area contributed by atoms with E-state index in [1.807, 2.05) is 0 Å². The number of amides is 1. The fourth-order valence-corrected chi connectivity index (χ4v) is 2.63. The van der Waals surface area contributed by atoms with Crippen molar-refractivity contribution in [1.82, 2.24) is 10.2 Å². The highest BCUT2D eigenvalue weighted by Gasteiger charge is 2.29. The van der Waals surface area contributed by atoms with Gasteiger partial charge in [0, 0.05) is 13.1 Å². The summed E-state index contributed by atoms with van der Waals surface area (Å²) in [7, 11) is 0. The Morgan fingerprint density at radius 3 is 2.76 bits per heavy atom. The van der Waals surface area contributed by atoms with Crippen LogP contribution in [0.25, 0.3) is 0 Å². The second kappa shape index (κ2) is 6.39. The lowest BCUT2D eigenvalue weighted by atomic mass is 10.1. The van der Waals surface area contributed by atoms with Crippen LogP contribution in [0.3, 0.4) is 0 Å². The van der Waals surface area contributed by atoms with Gasteiger partial charge in [0.25, 0.3) is 0 Å². The van der Waals surface area contributed by atoms with E-state index in [2.05, 4.69) is 17.1 Å². The van der Waals surface area contributed by atoms with E-state index >= 15 is 0 Å². The molecule has 17 heavy (non-hydrogen) atoms. The maximum Gasteiger partial charge on any atom is 0.239 e. The molecule has 0 aromatic rings. The van der Waals surface area contributed by atoms with Crippen molar-refractivity contribution >= 4 is 5.91 Å². The Bertz CT molecular complexity index is 243. The smallest absolute Gasteiger partial charge is 0.239 e. The second-order valence-electron chi connectivity index (χ2n) is 5.58. The molecular weight excluding hydrogens is 212 g/mol. The predicted molar refractivity (Wildman–Crippen MR) is 69.9 cm³/mol. The highest BCUT2D eigenvalue weighted by Crippen LogP contribution is 2.30. The summed E-state index contributed by atoms with van der Waals surface area (Å²) in [6.45, 7) is 5.12. The molecule has 2 fully saturated rings. The third-order valence-corrected chi connectivity index (χ3v) is 3.84. The molecule has 1 N–H and O–H groups in total. The van der Waals surface area contributed by atoms with Crippen molar-refractivity contribution in [2.24, 2.45) is 5.92 Å². The molecule has 3 nitrogen and oxygen atoms in total. The van der Waals surface area contributed by atoms with Crippen LogP contribution in [-0.4, -0.2) is 36.5 Å². The molecule has 0 aromatic heterocycles. The molecule has 1 atom stereocenters. The molecule has 3 heteroatoms. The maximum atomic E-state index is 12.5. The van der Waals surface area contributed by atoms with Gasteiger partial charge in [0.1, 0.15) is 0 Å². The molecule has 1 aliphatic heterocycles. The number of hydrogen-bond acceptors (Lipinski definition) is 2. The van der Waals surface area contributed by atoms with Crippen LogP contribution in [0.2, 0.25) is 0 Å². The molecule has 0 spiro atoms. The highest BCUT2D eigenvalue weighted by atomic mass is 16.2. The normalized spacial score (nSPS) is 25.4. The van der Waals surface area contributed by atoms with Gasteiger partial charge in [-0.3, -0.25) is 4.79 Å². The predicted octanol–water partition coefficient (Wildman–Crippen LogP) is 2.17. The zero-order valence-electron chi connectivity index (χ0n) is 11.1. The molecule has 0 bridgehead atoms. The van der Waals surface area contributed by atoms with Crippen LogP contribution in [0.1, 0.15) is 51.9 Å². The number of nitrogens with one attached hydrogen (secondary N) is 1. The Kier molecular flexibility index (Phi) is 4.84. The van der Waals surface area contributed by atoms with Crippen molar-refractivity contribution < 1.29 is 4.79 Å². The number of carbonyl (C=O) groups excluding carboxylic acids is 1. The van der Waals surface area contributed by atoms with E-state index in [1.54, 1.807) is 0 Å². The molecule has 1 saturated heterocycles. The van der Waals surface area contributed by atoms with Gasteiger partial charge in [-0.15, -0.1) is 0 Å². The van der Waals surface area contributed by atoms with Gasteiger partial charge < -0.3 is 10.2 Å². The molecule has 98 valence electrons. The fraction of sp³-hybridized carbons (Fsp3) is 0.929. The van der Waals surface area contributed by atoms with Crippen molar-refractivity contribution in [2.75, 3.05) is 19.6 Å². The van der Waals surface area contributed by atoms with Crippen LogP contribution in [-0.2, 0) is 4.79 Å². The minimum atomic E-state index is 0.0998. The van der Waals surface area contributed by atoms with E-state index in [1.165, 1.54) is 32.1 Å². The average molecular weight is 238 g/mol. The lowest BCUT2D eigenvalue weighted by molar-refractivity contribution is -0.133. The third-order valence-electron chi connectivity index (χ3n) is 3.84. The second-order valence-corrected chi connectivity index (χ2v) is 5.58. The summed E-state index contributed by atoms with van der Waals surface area (Å²) >= 11 is 0. The van der Waals surface area contributed by atoms with Gasteiger partial charge in [-0.25, -0.2) is 0 Å². The van der Waals surface area contributed by atoms with E-state index in [9.17, 15) is 4.79 Å². The third kappa shape index (κ3) is 3.98. The molecular formula is C14H26N2O. The molecule has 0 radical (unpaired) electrons. The fourth-order valence-electron chi connectivity index (χ4n) is 2.63. The van der Waals surface area contributed by atoms with Crippen molar-refractivity contribution in [3.8, 4) is 0 Å². The highest BCUT2D eigenvalue weighted by molar-refractivity contribution is 5.82. The van der Waals surface area contributed by atoms with Crippen LogP contribution < -0.4 is 5.32 Å². The zero-order valence-corrected chi connectivity index (χ0v) is 11.1. The molecule has 1 heterocycles. The molecule has 1 amide bonds. The first kappa shape index (κ1) is 12.9. The molecule has 0 aromatic carbocycles. The Balaban J connectivity index is 1.87. The summed E-state index contributed by atoms with van der Waals surface area (Å²) in [4.78, 5) is 14.6. The topological polar surface area (TPSA) is 32.3 Å². The molecule has 1 unspecified atom stereocenters. The van der Waals surface area contributed by atoms with E-state index < -0.39 is 0 Å². The summed E-state index contributed by atoms with van der Waals surface area (Å²) in [6, 6.07) is 0.0998. The van der Waals surface area contributed by atoms with Gasteiger partial charge in [-0.05, 0) is 44.6 Å².